The SMILES string of the molecule is COc1cccc(C(O)=C2C(=O)C(=O)N(CCc3c[nH]c4ccc(OC)cc34)[C@H]2c2cc(OC)ccc2OC)c1. The number of methoxy groups -OCH3 is 4. The van der Waals surface area contributed by atoms with Gasteiger partial charge in [-0.25, -0.2) is 0 Å². The van der Waals surface area contributed by atoms with Crippen LogP contribution in [0.15, 0.2) is 72.4 Å². The first-order valence-corrected chi connectivity index (χ1v) is 12.7. The smallest absolute Gasteiger partial charge is 0.295 e. The third-order valence-electron chi connectivity index (χ3n) is 7.21. The summed E-state index contributed by atoms with van der Waals surface area (Å²) in [5.74, 6) is 0.397. The number of nitrogens with one attached hydrogen (secondary N) is 1. The molecule has 0 bridgehead atoms. The van der Waals surface area contributed by atoms with Crippen LogP contribution in [0.5, 0.6) is 23.0 Å². The average molecular weight is 543 g/mol. The highest BCUT2D eigenvalue weighted by atomic mass is 16.5. The number of nitrogens with zero attached hydrogens (tertiary/aromatic N) is 1. The molecule has 1 atom stereocenters. The molecule has 9 heteroatoms. The highest BCUT2D eigenvalue weighted by Crippen LogP contribution is 2.44. The van der Waals surface area contributed by atoms with Crippen molar-refractivity contribution in [3.8, 4) is 23.0 Å². The quantitative estimate of drug-likeness (QED) is 0.176. The number of likely N-dealkylation sites (tertiary alicyclic amines) is 1. The molecule has 2 N–H and O–H groups in total. The second kappa shape index (κ2) is 11.1. The molecule has 206 valence electrons. The fourth-order valence-corrected chi connectivity index (χ4v) is 5.15. The van der Waals surface area contributed by atoms with Crippen molar-refractivity contribution < 1.29 is 33.6 Å². The lowest BCUT2D eigenvalue weighted by Gasteiger charge is -2.27. The summed E-state index contributed by atoms with van der Waals surface area (Å²) in [4.78, 5) is 31.8. The molecule has 0 spiro atoms. The average Bonchev–Trinajstić information content (AvgIpc) is 3.52. The van der Waals surface area contributed by atoms with E-state index in [-0.39, 0.29) is 17.9 Å². The number of aliphatic hydroxyl groups is 1. The van der Waals surface area contributed by atoms with E-state index in [4.69, 9.17) is 18.9 Å². The van der Waals surface area contributed by atoms with Gasteiger partial charge in [0.2, 0.25) is 0 Å². The lowest BCUT2D eigenvalue weighted by Crippen LogP contribution is -2.31. The van der Waals surface area contributed by atoms with Gasteiger partial charge in [0.15, 0.2) is 0 Å². The van der Waals surface area contributed by atoms with E-state index in [9.17, 15) is 14.7 Å². The van der Waals surface area contributed by atoms with Crippen molar-refractivity contribution in [2.45, 2.75) is 12.5 Å². The van der Waals surface area contributed by atoms with Crippen molar-refractivity contribution in [2.24, 2.45) is 0 Å². The van der Waals surface area contributed by atoms with E-state index < -0.39 is 17.7 Å². The van der Waals surface area contributed by atoms with E-state index in [1.807, 2.05) is 24.4 Å². The zero-order valence-corrected chi connectivity index (χ0v) is 22.7. The number of rotatable bonds is 9. The number of aromatic amines is 1. The van der Waals surface area contributed by atoms with E-state index in [2.05, 4.69) is 4.98 Å². The Morgan fingerprint density at radius 3 is 2.30 bits per heavy atom. The van der Waals surface area contributed by atoms with Crippen molar-refractivity contribution in [3.63, 3.8) is 0 Å². The molecule has 2 heterocycles. The zero-order valence-electron chi connectivity index (χ0n) is 22.7. The molecule has 1 amide bonds. The van der Waals surface area contributed by atoms with E-state index in [1.54, 1.807) is 49.6 Å². The van der Waals surface area contributed by atoms with Crippen LogP contribution in [0.1, 0.15) is 22.7 Å². The molecule has 1 aliphatic heterocycles. The zero-order chi connectivity index (χ0) is 28.4. The van der Waals surface area contributed by atoms with Gasteiger partial charge >= 0.3 is 0 Å². The molecule has 1 fully saturated rings. The molecule has 1 aliphatic rings. The maximum Gasteiger partial charge on any atom is 0.295 e. The first kappa shape index (κ1) is 26.7. The second-order valence-electron chi connectivity index (χ2n) is 9.31. The number of fused-ring (bicyclic) bond motifs is 1. The maximum atomic E-state index is 13.5. The van der Waals surface area contributed by atoms with Gasteiger partial charge in [-0.1, -0.05) is 12.1 Å². The molecule has 0 aliphatic carbocycles. The minimum Gasteiger partial charge on any atom is -0.507 e. The van der Waals surface area contributed by atoms with Crippen molar-refractivity contribution in [1.82, 2.24) is 9.88 Å². The Morgan fingerprint density at radius 2 is 1.57 bits per heavy atom. The summed E-state index contributed by atoms with van der Waals surface area (Å²) in [6.07, 6.45) is 2.33. The Bertz CT molecular complexity index is 1620. The first-order valence-electron chi connectivity index (χ1n) is 12.7. The minimum absolute atomic E-state index is 0.0367. The summed E-state index contributed by atoms with van der Waals surface area (Å²) in [7, 11) is 6.17. The monoisotopic (exact) mass is 542 g/mol. The number of carbonyl (C=O) groups excluding carboxylic acids is 2. The normalized spacial score (nSPS) is 16.4. The van der Waals surface area contributed by atoms with Crippen LogP contribution in [0.2, 0.25) is 0 Å². The van der Waals surface area contributed by atoms with E-state index in [0.717, 1.165) is 16.5 Å². The molecule has 0 radical (unpaired) electrons. The van der Waals surface area contributed by atoms with E-state index >= 15 is 0 Å². The van der Waals surface area contributed by atoms with Gasteiger partial charge in [0.25, 0.3) is 11.7 Å². The summed E-state index contributed by atoms with van der Waals surface area (Å²) in [6, 6.07) is 16.7. The predicted molar refractivity (Wildman–Crippen MR) is 150 cm³/mol. The number of ether oxygens (including phenoxy) is 4. The Kier molecular flexibility index (Phi) is 7.37. The number of amides is 1. The fraction of sp³-hybridized carbons (Fsp3) is 0.226. The molecular weight excluding hydrogens is 512 g/mol. The van der Waals surface area contributed by atoms with Crippen LogP contribution in [0.3, 0.4) is 0 Å². The number of aromatic nitrogens is 1. The van der Waals surface area contributed by atoms with Crippen LogP contribution in [-0.4, -0.2) is 61.7 Å². The Labute approximate surface area is 231 Å². The summed E-state index contributed by atoms with van der Waals surface area (Å²) < 4.78 is 21.8. The molecule has 4 aromatic rings. The number of hydrogen-bond donors (Lipinski definition) is 2. The number of Topliss-reactive ketones (excluding diaryl/α,β-unsaturated/α-hetero) is 1. The largest absolute Gasteiger partial charge is 0.507 e. The fourth-order valence-electron chi connectivity index (χ4n) is 5.15. The van der Waals surface area contributed by atoms with Gasteiger partial charge in [0.05, 0.1) is 40.1 Å². The van der Waals surface area contributed by atoms with Gasteiger partial charge < -0.3 is 33.9 Å². The van der Waals surface area contributed by atoms with Gasteiger partial charge in [-0.3, -0.25) is 9.59 Å². The Hall–Kier alpha value is -4.92. The topological polar surface area (TPSA) is 110 Å². The highest BCUT2D eigenvalue weighted by molar-refractivity contribution is 6.46. The van der Waals surface area contributed by atoms with Crippen LogP contribution in [0, 0.1) is 0 Å². The number of H-pyrrole nitrogens is 1. The summed E-state index contributed by atoms with van der Waals surface area (Å²) in [5.41, 5.74) is 2.73. The standard InChI is InChI=1S/C31H30N2O7/c1-37-20-7-5-6-18(14-20)29(34)27-28(24-16-22(39-3)9-11-26(24)40-4)33(31(36)30(27)35)13-12-19-17-32-25-10-8-21(38-2)15-23(19)25/h5-11,14-17,28,32,34H,12-13H2,1-4H3/t28-/m0/s1. The minimum atomic E-state index is -0.920. The number of benzene rings is 3. The van der Waals surface area contributed by atoms with Crippen LogP contribution in [0.4, 0.5) is 0 Å². The molecule has 0 unspecified atom stereocenters. The van der Waals surface area contributed by atoms with Gasteiger partial charge in [-0.05, 0) is 60.5 Å². The second-order valence-corrected chi connectivity index (χ2v) is 9.31. The lowest BCUT2D eigenvalue weighted by molar-refractivity contribution is -0.139. The molecule has 3 aromatic carbocycles. The van der Waals surface area contributed by atoms with Crippen LogP contribution in [0.25, 0.3) is 16.7 Å². The first-order chi connectivity index (χ1) is 19.4. The summed E-state index contributed by atoms with van der Waals surface area (Å²) in [5, 5.41) is 12.4. The number of hydrogen-bond acceptors (Lipinski definition) is 7. The molecular formula is C31H30N2O7. The van der Waals surface area contributed by atoms with Crippen molar-refractivity contribution in [2.75, 3.05) is 35.0 Å². The summed E-state index contributed by atoms with van der Waals surface area (Å²) >= 11 is 0. The number of ketones is 1. The van der Waals surface area contributed by atoms with Crippen molar-refractivity contribution >= 4 is 28.4 Å². The van der Waals surface area contributed by atoms with Crippen LogP contribution in [-0.2, 0) is 16.0 Å². The van der Waals surface area contributed by atoms with E-state index in [0.29, 0.717) is 40.5 Å². The van der Waals surface area contributed by atoms with Gasteiger partial charge in [0.1, 0.15) is 28.8 Å². The third-order valence-corrected chi connectivity index (χ3v) is 7.21. The molecule has 0 saturated carbocycles. The Balaban J connectivity index is 1.62. The van der Waals surface area contributed by atoms with Gasteiger partial charge in [0, 0.05) is 34.8 Å². The summed E-state index contributed by atoms with van der Waals surface area (Å²) in [6.45, 7) is 0.203. The predicted octanol–water partition coefficient (Wildman–Crippen LogP) is 4.87. The molecule has 9 nitrogen and oxygen atoms in total. The van der Waals surface area contributed by atoms with Crippen LogP contribution >= 0.6 is 0 Å². The molecule has 40 heavy (non-hydrogen) atoms. The molecule has 5 rings (SSSR count). The lowest BCUT2D eigenvalue weighted by atomic mass is 9.94. The van der Waals surface area contributed by atoms with E-state index in [1.165, 1.54) is 26.2 Å². The third kappa shape index (κ3) is 4.70. The van der Waals surface area contributed by atoms with Gasteiger partial charge in [-0.15, -0.1) is 0 Å². The molecule has 1 saturated heterocycles. The Morgan fingerprint density at radius 1 is 0.875 bits per heavy atom. The molecule has 1 aromatic heterocycles. The maximum absolute atomic E-state index is 13.5. The number of aliphatic hydroxyl groups excluding tert-OH is 1. The van der Waals surface area contributed by atoms with Crippen LogP contribution < -0.4 is 18.9 Å². The number of carbonyl (C=O) groups is 2. The van der Waals surface area contributed by atoms with Crippen molar-refractivity contribution in [1.29, 1.82) is 0 Å². The highest BCUT2D eigenvalue weighted by Gasteiger charge is 2.47. The van der Waals surface area contributed by atoms with Crippen molar-refractivity contribution in [3.05, 3.63) is 89.1 Å². The van der Waals surface area contributed by atoms with Gasteiger partial charge in [-0.2, -0.15) is 0 Å².